The second kappa shape index (κ2) is 77.4. The van der Waals surface area contributed by atoms with Gasteiger partial charge in [0, 0.05) is 19.4 Å². The second-order valence-corrected chi connectivity index (χ2v) is 40.1. The first-order chi connectivity index (χ1) is 61.7. The molecule has 3 amide bonds. The lowest BCUT2D eigenvalue weighted by atomic mass is 9.87. The van der Waals surface area contributed by atoms with E-state index in [0.717, 1.165) is 19.3 Å². The van der Waals surface area contributed by atoms with Gasteiger partial charge in [-0.2, -0.15) is 0 Å². The largest absolute Gasteiger partial charge is 0.481 e. The third-order valence-electron chi connectivity index (χ3n) is 19.3. The Bertz CT molecular complexity index is 4100. The molecule has 0 aliphatic carbocycles. The number of carboxylic acid groups (broad SMARTS) is 1. The summed E-state index contributed by atoms with van der Waals surface area (Å²) >= 11 is 0. The number of aryl methyl sites for hydroxylation is 2. The van der Waals surface area contributed by atoms with Gasteiger partial charge in [0.1, 0.15) is 12.1 Å². The monoisotopic (exact) mass is 1850 g/mol. The third-order valence-corrected chi connectivity index (χ3v) is 19.3. The number of hydrogen-bond donors (Lipinski definition) is 9. The summed E-state index contributed by atoms with van der Waals surface area (Å²) in [6, 6.07) is 99.8. The number of hydrogen-bond acceptors (Lipinski definition) is 8. The molecule has 0 saturated heterocycles. The Hall–Kier alpha value is -10.8. The van der Waals surface area contributed by atoms with Gasteiger partial charge in [0.15, 0.2) is 5.96 Å². The molecule has 135 heavy (non-hydrogen) atoms. The van der Waals surface area contributed by atoms with E-state index in [1.165, 1.54) is 73.7 Å². The van der Waals surface area contributed by atoms with Crippen LogP contribution in [0.5, 0.6) is 0 Å². The van der Waals surface area contributed by atoms with Crippen molar-refractivity contribution in [3.63, 3.8) is 0 Å². The van der Waals surface area contributed by atoms with E-state index in [-0.39, 0.29) is 56.6 Å². The number of primary amides is 1. The van der Waals surface area contributed by atoms with Gasteiger partial charge >= 0.3 is 5.97 Å². The molecule has 0 aromatic heterocycles. The van der Waals surface area contributed by atoms with E-state index in [1.807, 2.05) is 59.7 Å². The summed E-state index contributed by atoms with van der Waals surface area (Å²) in [6.45, 7) is 76.2. The third kappa shape index (κ3) is 77.1. The van der Waals surface area contributed by atoms with Crippen molar-refractivity contribution in [1.29, 1.82) is 0 Å². The summed E-state index contributed by atoms with van der Waals surface area (Å²) in [5.74, 6) is -0.176. The summed E-state index contributed by atoms with van der Waals surface area (Å²) < 4.78 is 0. The normalized spacial score (nSPS) is 10.7. The van der Waals surface area contributed by atoms with Crippen LogP contribution in [-0.4, -0.2) is 53.4 Å². The molecule has 0 bridgehead atoms. The highest BCUT2D eigenvalue weighted by molar-refractivity contribution is 5.91. The Kier molecular flexibility index (Phi) is 78.7. The minimum absolute atomic E-state index is 0. The maximum absolute atomic E-state index is 12.0. The molecule has 0 radical (unpaired) electrons. The number of aliphatic imine (C=N–C) groups is 1. The van der Waals surface area contributed by atoms with Crippen molar-refractivity contribution in [2.45, 2.75) is 346 Å². The summed E-state index contributed by atoms with van der Waals surface area (Å²) in [6.07, 6.45) is 4.19. The number of rotatable bonds is 19. The molecule has 0 saturated carbocycles. The van der Waals surface area contributed by atoms with E-state index in [1.54, 1.807) is 0 Å². The summed E-state index contributed by atoms with van der Waals surface area (Å²) in [5.41, 5.74) is 34.8. The first-order valence-electron chi connectivity index (χ1n) is 48.4. The number of nitrogens with two attached hydrogens (primary N) is 3. The van der Waals surface area contributed by atoms with Crippen LogP contribution in [0.25, 0.3) is 0 Å². The molecule has 754 valence electrons. The lowest BCUT2D eigenvalue weighted by Crippen LogP contribution is -2.51. The van der Waals surface area contributed by atoms with Gasteiger partial charge in [0.25, 0.3) is 0 Å². The quantitative estimate of drug-likeness (QED) is 0.0209. The Morgan fingerprint density at radius 3 is 0.756 bits per heavy atom. The SMILES string of the molecule is CC.CC.CC.CC(C)(C)Cc1ccccc1.CC(C)(C)Cc1ccccc1.CC(C)(C)Cc1ccccc1.CC(C)(C)c1ccccc1.CC(C)(C)c1ccccc1.CC(C)(C)c1ccccc1.CC(C)c1ccccc1.CC(C)c1ccccc1.CC(C)c1ccccc1.C[C@H](NC(=O)CCCC(=O)O)C(=O)N[C@@H](CCCN=C(N)N)C(N)=O.Cc1cccc(C)c1C(C)C.N.N.N. The molecule has 0 unspecified atom stereocenters. The number of aliphatic carboxylic acids is 1. The van der Waals surface area contributed by atoms with Crippen LogP contribution in [0.2, 0.25) is 0 Å². The van der Waals surface area contributed by atoms with Crippen LogP contribution in [0.1, 0.15) is 351 Å². The number of benzene rings is 10. The highest BCUT2D eigenvalue weighted by atomic mass is 16.4. The van der Waals surface area contributed by atoms with Gasteiger partial charge < -0.3 is 51.4 Å². The van der Waals surface area contributed by atoms with E-state index < -0.39 is 35.8 Å². The second-order valence-electron chi connectivity index (χ2n) is 40.1. The van der Waals surface area contributed by atoms with Gasteiger partial charge in [-0.25, -0.2) is 0 Å². The number of guanidine groups is 1. The highest BCUT2D eigenvalue weighted by Gasteiger charge is 2.23. The van der Waals surface area contributed by atoms with Crippen LogP contribution in [0, 0.1) is 30.1 Å². The minimum Gasteiger partial charge on any atom is -0.481 e. The molecule has 0 spiro atoms. The average Bonchev–Trinajstić information content (AvgIpc) is 0.844. The van der Waals surface area contributed by atoms with Gasteiger partial charge in [0.05, 0.1) is 0 Å². The zero-order valence-electron chi connectivity index (χ0n) is 91.4. The highest BCUT2D eigenvalue weighted by Crippen LogP contribution is 2.27. The van der Waals surface area contributed by atoms with Crippen LogP contribution in [0.15, 0.2) is 296 Å². The van der Waals surface area contributed by atoms with Crippen molar-refractivity contribution < 1.29 is 24.3 Å². The first-order valence-corrected chi connectivity index (χ1v) is 48.4. The Morgan fingerprint density at radius 1 is 0.326 bits per heavy atom. The van der Waals surface area contributed by atoms with Gasteiger partial charge in [-0.15, -0.1) is 0 Å². The molecule has 2 atom stereocenters. The van der Waals surface area contributed by atoms with Crippen molar-refractivity contribution in [3.05, 3.63) is 358 Å². The Labute approximate surface area is 826 Å². The summed E-state index contributed by atoms with van der Waals surface area (Å²) in [4.78, 5) is 49.2. The number of nitrogens with zero attached hydrogens (tertiary/aromatic N) is 1. The van der Waals surface area contributed by atoms with Crippen molar-refractivity contribution >= 4 is 29.7 Å². The number of amides is 3. The minimum atomic E-state index is -0.997. The molecular weight excluding hydrogens is 1660 g/mol. The van der Waals surface area contributed by atoms with Crippen LogP contribution in [0.3, 0.4) is 0 Å². The first kappa shape index (κ1) is 137. The van der Waals surface area contributed by atoms with Gasteiger partial charge in [-0.3, -0.25) is 24.2 Å². The van der Waals surface area contributed by atoms with E-state index >= 15 is 0 Å². The summed E-state index contributed by atoms with van der Waals surface area (Å²) in [7, 11) is 0. The maximum Gasteiger partial charge on any atom is 0.303 e. The van der Waals surface area contributed by atoms with Gasteiger partial charge in [-0.1, -0.05) is 513 Å². The van der Waals surface area contributed by atoms with Crippen molar-refractivity contribution in [2.75, 3.05) is 6.54 Å². The smallest absolute Gasteiger partial charge is 0.303 e. The lowest BCUT2D eigenvalue weighted by molar-refractivity contribution is -0.137. The number of carbonyl (C=O) groups excluding carboxylic acids is 3. The number of carbonyl (C=O) groups is 4. The van der Waals surface area contributed by atoms with Crippen LogP contribution in [-0.2, 0) is 54.7 Å². The standard InChI is InChI=1S/C14H26N6O5.4C11H16.3C10H14.3C9H12.3C2H6.3H3N/c1-8(19-10(21)5-2-6-11(22)23)13(25)20-9(12(15)24)4-3-7-18-14(16)17;1-8(2)11-9(3)6-5-7-10(11)4;3*1-11(2,3)9-10-7-5-4-6-8-10;3*1-10(2,3)9-7-5-4-6-8-9;3*1-8(2)9-6-4-3-5-7-9;3*1-2;;;/h8-9H,2-7H2,1H3,(H2,15,24)(H,19,21)(H,20,25)(H,22,23)(H4,16,17,18);5-8H,1-4H3;3*4-8H,9H2,1-3H3;3*4-8H,1-3H3;3*3-8H,1-2H3;3*1-2H3;3*1H3/t8-,9-;;;;;;;;;;;;;;;;/m0................/s1. The molecule has 0 fully saturated rings. The fourth-order valence-corrected chi connectivity index (χ4v) is 12.6. The molecule has 10 aromatic rings. The van der Waals surface area contributed by atoms with E-state index in [0.29, 0.717) is 62.6 Å². The molecule has 14 nitrogen and oxygen atoms in total. The van der Waals surface area contributed by atoms with Crippen LogP contribution < -0.4 is 46.3 Å². The fraction of sp³-hybridized carbons (Fsp3) is 0.463. The van der Waals surface area contributed by atoms with Crippen molar-refractivity contribution in [3.8, 4) is 0 Å². The zero-order valence-corrected chi connectivity index (χ0v) is 91.4. The lowest BCUT2D eigenvalue weighted by Gasteiger charge is -2.19. The molecule has 0 aliphatic rings. The predicted molar refractivity (Wildman–Crippen MR) is 595 cm³/mol. The molecule has 18 N–H and O–H groups in total. The molecule has 0 aliphatic heterocycles. The molecule has 0 heterocycles. The molecule has 10 rings (SSSR count). The topological polar surface area (TPSA) is 308 Å². The predicted octanol–water partition coefficient (Wildman–Crippen LogP) is 32.0. The Balaban J connectivity index is -0.000000269. The zero-order chi connectivity index (χ0) is 102. The maximum atomic E-state index is 12.0. The molecule has 14 heteroatoms. The number of carboxylic acids is 1. The van der Waals surface area contributed by atoms with Gasteiger partial charge in [0.2, 0.25) is 17.7 Å². The number of nitrogens with one attached hydrogen (secondary N) is 2. The average molecular weight is 1860 g/mol. The van der Waals surface area contributed by atoms with Crippen molar-refractivity contribution in [2.24, 2.45) is 38.4 Å². The Morgan fingerprint density at radius 2 is 0.570 bits per heavy atom. The van der Waals surface area contributed by atoms with Crippen LogP contribution >= 0.6 is 0 Å². The van der Waals surface area contributed by atoms with E-state index in [2.05, 4.69) is 482 Å². The van der Waals surface area contributed by atoms with Crippen molar-refractivity contribution in [1.82, 2.24) is 29.1 Å². The fourth-order valence-electron chi connectivity index (χ4n) is 12.6. The van der Waals surface area contributed by atoms with Crippen LogP contribution in [0.4, 0.5) is 0 Å². The summed E-state index contributed by atoms with van der Waals surface area (Å²) in [5, 5.41) is 13.4. The van der Waals surface area contributed by atoms with E-state index in [4.69, 9.17) is 22.3 Å². The van der Waals surface area contributed by atoms with E-state index in [9.17, 15) is 19.2 Å². The van der Waals surface area contributed by atoms with Gasteiger partial charge in [-0.05, 0) is 182 Å². The molecular formula is C121H195N9O5. The molecule has 10 aromatic carbocycles.